The molecule has 0 fully saturated rings. The zero-order valence-corrected chi connectivity index (χ0v) is 11.9. The van der Waals surface area contributed by atoms with Crippen LogP contribution in [-0.2, 0) is 6.61 Å². The van der Waals surface area contributed by atoms with Gasteiger partial charge < -0.3 is 15.4 Å². The predicted molar refractivity (Wildman–Crippen MR) is 76.0 cm³/mol. The molecule has 116 valence electrons. The Kier molecular flexibility index (Phi) is 4.30. The summed E-state index contributed by atoms with van der Waals surface area (Å²) in [7, 11) is 3.46. The Morgan fingerprint density at radius 1 is 1.36 bits per heavy atom. The van der Waals surface area contributed by atoms with Crippen LogP contribution in [0.5, 0.6) is 5.75 Å². The molecule has 9 nitrogen and oxygen atoms in total. The lowest BCUT2D eigenvalue weighted by Gasteiger charge is -2.12. The fourth-order valence-corrected chi connectivity index (χ4v) is 1.55. The molecule has 10 heteroatoms. The van der Waals surface area contributed by atoms with Crippen LogP contribution in [0.4, 0.5) is 22.0 Å². The molecular formula is C12H13FN6O3. The van der Waals surface area contributed by atoms with Crippen molar-refractivity contribution in [2.75, 3.05) is 24.7 Å². The van der Waals surface area contributed by atoms with E-state index < -0.39 is 10.7 Å². The van der Waals surface area contributed by atoms with E-state index in [4.69, 9.17) is 10.5 Å². The minimum atomic E-state index is -0.843. The van der Waals surface area contributed by atoms with Crippen LogP contribution in [0.1, 0.15) is 5.82 Å². The summed E-state index contributed by atoms with van der Waals surface area (Å²) in [5.41, 5.74) is 5.20. The molecule has 0 bridgehead atoms. The summed E-state index contributed by atoms with van der Waals surface area (Å²) in [6.07, 6.45) is 0. The highest BCUT2D eigenvalue weighted by atomic mass is 19.1. The predicted octanol–water partition coefficient (Wildman–Crippen LogP) is 1.15. The average Bonchev–Trinajstić information content (AvgIpc) is 2.45. The van der Waals surface area contributed by atoms with Crippen molar-refractivity contribution in [2.45, 2.75) is 6.61 Å². The van der Waals surface area contributed by atoms with Gasteiger partial charge in [0.25, 0.3) is 5.69 Å². The van der Waals surface area contributed by atoms with Gasteiger partial charge in [-0.15, -0.1) is 0 Å². The van der Waals surface area contributed by atoms with E-state index in [-0.39, 0.29) is 29.8 Å². The maximum absolute atomic E-state index is 13.7. The number of rotatable bonds is 5. The second-order valence-electron chi connectivity index (χ2n) is 4.46. The number of hydrogen-bond donors (Lipinski definition) is 1. The molecule has 1 aromatic carbocycles. The monoisotopic (exact) mass is 308 g/mol. The molecule has 0 radical (unpaired) electrons. The van der Waals surface area contributed by atoms with Gasteiger partial charge in [-0.05, 0) is 6.07 Å². The van der Waals surface area contributed by atoms with Gasteiger partial charge in [0.15, 0.2) is 17.4 Å². The molecule has 1 heterocycles. The maximum Gasteiger partial charge on any atom is 0.272 e. The first-order valence-corrected chi connectivity index (χ1v) is 6.11. The number of halogens is 1. The average molecular weight is 308 g/mol. The maximum atomic E-state index is 13.7. The van der Waals surface area contributed by atoms with Crippen molar-refractivity contribution in [1.82, 2.24) is 15.0 Å². The first-order valence-electron chi connectivity index (χ1n) is 6.11. The number of nitrogen functional groups attached to an aromatic ring is 1. The molecule has 0 amide bonds. The SMILES string of the molecule is CN(C)c1nc(N)nc(COc2ccc([N+](=O)[O-])cc2F)n1. The summed E-state index contributed by atoms with van der Waals surface area (Å²) >= 11 is 0. The van der Waals surface area contributed by atoms with Crippen molar-refractivity contribution in [2.24, 2.45) is 0 Å². The van der Waals surface area contributed by atoms with Crippen molar-refractivity contribution >= 4 is 17.6 Å². The van der Waals surface area contributed by atoms with Crippen LogP contribution >= 0.6 is 0 Å². The van der Waals surface area contributed by atoms with Crippen molar-refractivity contribution in [1.29, 1.82) is 0 Å². The molecule has 22 heavy (non-hydrogen) atoms. The Hall–Kier alpha value is -3.04. The standard InChI is InChI=1S/C12H13FN6O3/c1-18(2)12-16-10(15-11(14)17-12)6-22-9-4-3-7(19(20)21)5-8(9)13/h3-5H,6H2,1-2H3,(H2,14,15,16,17). The number of nitrogens with two attached hydrogens (primary N) is 1. The summed E-state index contributed by atoms with van der Waals surface area (Å²) in [6, 6.07) is 3.10. The highest BCUT2D eigenvalue weighted by Crippen LogP contribution is 2.23. The van der Waals surface area contributed by atoms with E-state index in [2.05, 4.69) is 15.0 Å². The van der Waals surface area contributed by atoms with Crippen molar-refractivity contribution in [3.05, 3.63) is 40.0 Å². The number of ether oxygens (including phenoxy) is 1. The normalized spacial score (nSPS) is 10.3. The molecule has 2 rings (SSSR count). The highest BCUT2D eigenvalue weighted by Gasteiger charge is 2.13. The van der Waals surface area contributed by atoms with Crippen molar-refractivity contribution in [3.63, 3.8) is 0 Å². The quantitative estimate of drug-likeness (QED) is 0.645. The fourth-order valence-electron chi connectivity index (χ4n) is 1.55. The largest absolute Gasteiger partial charge is 0.483 e. The summed E-state index contributed by atoms with van der Waals surface area (Å²) in [5, 5.41) is 10.5. The zero-order chi connectivity index (χ0) is 16.3. The van der Waals surface area contributed by atoms with Crippen LogP contribution in [0.2, 0.25) is 0 Å². The van der Waals surface area contributed by atoms with E-state index in [1.807, 2.05) is 0 Å². The Bertz CT molecular complexity index is 709. The number of hydrogen-bond acceptors (Lipinski definition) is 8. The topological polar surface area (TPSA) is 120 Å². The van der Waals surface area contributed by atoms with Gasteiger partial charge in [-0.1, -0.05) is 0 Å². The van der Waals surface area contributed by atoms with Gasteiger partial charge in [0.2, 0.25) is 11.9 Å². The molecular weight excluding hydrogens is 295 g/mol. The lowest BCUT2D eigenvalue weighted by atomic mass is 10.3. The van der Waals surface area contributed by atoms with Gasteiger partial charge in [0, 0.05) is 20.2 Å². The number of benzene rings is 1. The van der Waals surface area contributed by atoms with E-state index in [0.29, 0.717) is 5.95 Å². The van der Waals surface area contributed by atoms with Gasteiger partial charge in [0.05, 0.1) is 11.0 Å². The number of nitro benzene ring substituents is 1. The summed E-state index contributed by atoms with van der Waals surface area (Å²) in [5.74, 6) is -0.411. The van der Waals surface area contributed by atoms with Gasteiger partial charge in [-0.3, -0.25) is 10.1 Å². The second-order valence-corrected chi connectivity index (χ2v) is 4.46. The number of aromatic nitrogens is 3. The van der Waals surface area contributed by atoms with Crippen LogP contribution in [0, 0.1) is 15.9 Å². The van der Waals surface area contributed by atoms with Crippen molar-refractivity contribution < 1.29 is 14.1 Å². The number of non-ortho nitro benzene ring substituents is 1. The van der Waals surface area contributed by atoms with Crippen LogP contribution in [0.15, 0.2) is 18.2 Å². The molecule has 2 N–H and O–H groups in total. The number of nitro groups is 1. The first kappa shape index (κ1) is 15.4. The third-order valence-electron chi connectivity index (χ3n) is 2.57. The molecule has 1 aromatic heterocycles. The molecule has 0 unspecified atom stereocenters. The van der Waals surface area contributed by atoms with Gasteiger partial charge in [0.1, 0.15) is 6.61 Å². The molecule has 0 aliphatic heterocycles. The molecule has 2 aromatic rings. The van der Waals surface area contributed by atoms with Crippen LogP contribution in [0.3, 0.4) is 0 Å². The highest BCUT2D eigenvalue weighted by molar-refractivity contribution is 5.38. The van der Waals surface area contributed by atoms with Gasteiger partial charge in [-0.2, -0.15) is 15.0 Å². The lowest BCUT2D eigenvalue weighted by molar-refractivity contribution is -0.385. The molecule has 0 aliphatic rings. The molecule has 0 atom stereocenters. The summed E-state index contributed by atoms with van der Waals surface area (Å²) in [4.78, 5) is 23.4. The first-order chi connectivity index (χ1) is 10.4. The van der Waals surface area contributed by atoms with E-state index in [0.717, 1.165) is 12.1 Å². The smallest absolute Gasteiger partial charge is 0.272 e. The zero-order valence-electron chi connectivity index (χ0n) is 11.9. The van der Waals surface area contributed by atoms with Gasteiger partial charge >= 0.3 is 0 Å². The Balaban J connectivity index is 2.15. The Morgan fingerprint density at radius 3 is 2.68 bits per heavy atom. The number of anilines is 2. The fraction of sp³-hybridized carbons (Fsp3) is 0.250. The van der Waals surface area contributed by atoms with Crippen LogP contribution in [0.25, 0.3) is 0 Å². The third kappa shape index (κ3) is 3.53. The van der Waals surface area contributed by atoms with E-state index in [1.54, 1.807) is 19.0 Å². The van der Waals surface area contributed by atoms with Crippen LogP contribution < -0.4 is 15.4 Å². The molecule has 0 aliphatic carbocycles. The summed E-state index contributed by atoms with van der Waals surface area (Å²) in [6.45, 7) is -0.151. The Morgan fingerprint density at radius 2 is 2.09 bits per heavy atom. The summed E-state index contributed by atoms with van der Waals surface area (Å²) < 4.78 is 18.9. The molecule has 0 saturated carbocycles. The minimum absolute atomic E-state index is 0.0153. The van der Waals surface area contributed by atoms with Crippen molar-refractivity contribution in [3.8, 4) is 5.75 Å². The van der Waals surface area contributed by atoms with Crippen LogP contribution in [-0.4, -0.2) is 34.0 Å². The van der Waals surface area contributed by atoms with E-state index in [9.17, 15) is 14.5 Å². The lowest BCUT2D eigenvalue weighted by Crippen LogP contribution is -2.17. The third-order valence-corrected chi connectivity index (χ3v) is 2.57. The minimum Gasteiger partial charge on any atom is -0.483 e. The molecule has 0 spiro atoms. The number of nitrogens with zero attached hydrogens (tertiary/aromatic N) is 5. The molecule has 0 saturated heterocycles. The van der Waals surface area contributed by atoms with Gasteiger partial charge in [-0.25, -0.2) is 4.39 Å². The Labute approximate surface area is 124 Å². The van der Waals surface area contributed by atoms with E-state index >= 15 is 0 Å². The second kappa shape index (κ2) is 6.16. The van der Waals surface area contributed by atoms with E-state index in [1.165, 1.54) is 6.07 Å².